The molecule has 22 heavy (non-hydrogen) atoms. The second-order valence-electron chi connectivity index (χ2n) is 5.47. The van der Waals surface area contributed by atoms with Crippen LogP contribution in [0, 0.1) is 5.82 Å². The lowest BCUT2D eigenvalue weighted by Crippen LogP contribution is -2.19. The highest BCUT2D eigenvalue weighted by Gasteiger charge is 2.15. The Balaban J connectivity index is 1.77. The van der Waals surface area contributed by atoms with E-state index in [4.69, 9.17) is 0 Å². The molecule has 0 aliphatic carbocycles. The minimum absolute atomic E-state index is 0.270. The van der Waals surface area contributed by atoms with Crippen molar-refractivity contribution in [3.05, 3.63) is 48.4 Å². The maximum atomic E-state index is 13.9. The molecule has 0 bridgehead atoms. The fraction of sp³-hybridized carbons (Fsp3) is 0.235. The maximum absolute atomic E-state index is 13.9. The first-order valence-electron chi connectivity index (χ1n) is 7.45. The molecule has 0 radical (unpaired) electrons. The lowest BCUT2D eigenvalue weighted by Gasteiger charge is -2.15. The van der Waals surface area contributed by atoms with Crippen molar-refractivity contribution in [3.8, 4) is 11.3 Å². The summed E-state index contributed by atoms with van der Waals surface area (Å²) in [6, 6.07) is 10.5. The van der Waals surface area contributed by atoms with Crippen molar-refractivity contribution in [3.63, 3.8) is 0 Å². The number of aromatic nitrogens is 3. The zero-order valence-corrected chi connectivity index (χ0v) is 12.0. The first-order valence-corrected chi connectivity index (χ1v) is 7.45. The van der Waals surface area contributed by atoms with Gasteiger partial charge >= 0.3 is 0 Å². The zero-order chi connectivity index (χ0) is 14.9. The molecule has 4 rings (SSSR count). The summed E-state index contributed by atoms with van der Waals surface area (Å²) in [6.07, 6.45) is 4.07. The second kappa shape index (κ2) is 5.33. The Kier molecular flexibility index (Phi) is 3.18. The van der Waals surface area contributed by atoms with Crippen LogP contribution < -0.4 is 4.90 Å². The highest BCUT2D eigenvalue weighted by molar-refractivity contribution is 5.92. The van der Waals surface area contributed by atoms with E-state index in [9.17, 15) is 4.39 Å². The first kappa shape index (κ1) is 13.1. The molecule has 5 heteroatoms. The van der Waals surface area contributed by atoms with Crippen LogP contribution >= 0.6 is 0 Å². The molecular weight excluding hydrogens is 279 g/mol. The Labute approximate surface area is 127 Å². The number of fused-ring (bicyclic) bond motifs is 1. The third-order valence-corrected chi connectivity index (χ3v) is 4.07. The van der Waals surface area contributed by atoms with Gasteiger partial charge < -0.3 is 4.90 Å². The Bertz CT molecular complexity index is 811. The largest absolute Gasteiger partial charge is 0.355 e. The van der Waals surface area contributed by atoms with Gasteiger partial charge in [-0.05, 0) is 49.2 Å². The van der Waals surface area contributed by atoms with Gasteiger partial charge in [-0.3, -0.25) is 4.98 Å². The Morgan fingerprint density at radius 3 is 2.59 bits per heavy atom. The van der Waals surface area contributed by atoms with Crippen LogP contribution in [0.4, 0.5) is 10.2 Å². The summed E-state index contributed by atoms with van der Waals surface area (Å²) < 4.78 is 13.9. The Hall–Kier alpha value is -2.56. The van der Waals surface area contributed by atoms with Crippen LogP contribution in [0.25, 0.3) is 22.2 Å². The molecule has 1 aliphatic heterocycles. The van der Waals surface area contributed by atoms with Crippen LogP contribution in [-0.4, -0.2) is 28.3 Å². The van der Waals surface area contributed by atoms with Gasteiger partial charge in [0.25, 0.3) is 0 Å². The molecule has 1 aliphatic rings. The molecule has 0 amide bonds. The molecule has 0 atom stereocenters. The van der Waals surface area contributed by atoms with E-state index >= 15 is 0 Å². The van der Waals surface area contributed by atoms with E-state index < -0.39 is 0 Å². The molecule has 0 spiro atoms. The van der Waals surface area contributed by atoms with E-state index in [1.807, 2.05) is 12.1 Å². The highest BCUT2D eigenvalue weighted by atomic mass is 19.1. The molecule has 1 aromatic carbocycles. The number of pyridine rings is 1. The summed E-state index contributed by atoms with van der Waals surface area (Å²) in [5.74, 6) is 0.633. The van der Waals surface area contributed by atoms with E-state index in [-0.39, 0.29) is 5.82 Å². The van der Waals surface area contributed by atoms with Crippen LogP contribution in [0.5, 0.6) is 0 Å². The van der Waals surface area contributed by atoms with Gasteiger partial charge in [0, 0.05) is 30.2 Å². The van der Waals surface area contributed by atoms with Gasteiger partial charge in [-0.15, -0.1) is 10.2 Å². The minimum atomic E-state index is -0.270. The van der Waals surface area contributed by atoms with Gasteiger partial charge in [0.05, 0.1) is 11.2 Å². The number of nitrogens with zero attached hydrogens (tertiary/aromatic N) is 4. The summed E-state index contributed by atoms with van der Waals surface area (Å²) in [6.45, 7) is 2.07. The SMILES string of the molecule is Fc1ccc(-c2ccc(N3CCCC3)nn2)c2ncccc12. The van der Waals surface area contributed by atoms with Crippen LogP contribution in [0.15, 0.2) is 42.6 Å². The van der Waals surface area contributed by atoms with Crippen LogP contribution in [0.1, 0.15) is 12.8 Å². The minimum Gasteiger partial charge on any atom is -0.355 e. The van der Waals surface area contributed by atoms with Crippen molar-refractivity contribution in [2.24, 2.45) is 0 Å². The fourth-order valence-corrected chi connectivity index (χ4v) is 2.93. The monoisotopic (exact) mass is 294 g/mol. The smallest absolute Gasteiger partial charge is 0.151 e. The van der Waals surface area contributed by atoms with Crippen molar-refractivity contribution in [1.82, 2.24) is 15.2 Å². The number of hydrogen-bond acceptors (Lipinski definition) is 4. The number of halogens is 1. The van der Waals surface area contributed by atoms with Gasteiger partial charge in [-0.2, -0.15) is 0 Å². The number of hydrogen-bond donors (Lipinski definition) is 0. The van der Waals surface area contributed by atoms with E-state index in [0.717, 1.165) is 24.5 Å². The Morgan fingerprint density at radius 2 is 1.82 bits per heavy atom. The number of anilines is 1. The normalized spacial score (nSPS) is 14.7. The molecular formula is C17H15FN4. The van der Waals surface area contributed by atoms with Gasteiger partial charge in [0.1, 0.15) is 5.82 Å². The molecule has 3 aromatic rings. The summed E-state index contributed by atoms with van der Waals surface area (Å²) in [5, 5.41) is 9.14. The highest BCUT2D eigenvalue weighted by Crippen LogP contribution is 2.28. The van der Waals surface area contributed by atoms with Gasteiger partial charge in [0.15, 0.2) is 5.82 Å². The molecule has 110 valence electrons. The third-order valence-electron chi connectivity index (χ3n) is 4.07. The van der Waals surface area contributed by atoms with Crippen molar-refractivity contribution in [1.29, 1.82) is 0 Å². The van der Waals surface area contributed by atoms with Crippen LogP contribution in [0.3, 0.4) is 0 Å². The maximum Gasteiger partial charge on any atom is 0.151 e. The number of rotatable bonds is 2. The number of benzene rings is 1. The predicted octanol–water partition coefficient (Wildman–Crippen LogP) is 3.43. The molecule has 0 unspecified atom stereocenters. The van der Waals surface area contributed by atoms with E-state index in [0.29, 0.717) is 16.6 Å². The summed E-state index contributed by atoms with van der Waals surface area (Å²) >= 11 is 0. The third kappa shape index (κ3) is 2.19. The molecule has 2 aromatic heterocycles. The van der Waals surface area contributed by atoms with Gasteiger partial charge in [-0.25, -0.2) is 4.39 Å². The second-order valence-corrected chi connectivity index (χ2v) is 5.47. The van der Waals surface area contributed by atoms with Crippen molar-refractivity contribution in [2.45, 2.75) is 12.8 Å². The lowest BCUT2D eigenvalue weighted by atomic mass is 10.1. The van der Waals surface area contributed by atoms with Crippen LogP contribution in [-0.2, 0) is 0 Å². The van der Waals surface area contributed by atoms with Crippen molar-refractivity contribution >= 4 is 16.7 Å². The van der Waals surface area contributed by atoms with E-state index in [1.165, 1.54) is 18.9 Å². The fourth-order valence-electron chi connectivity index (χ4n) is 2.93. The molecule has 3 heterocycles. The van der Waals surface area contributed by atoms with Crippen LogP contribution in [0.2, 0.25) is 0 Å². The van der Waals surface area contributed by atoms with E-state index in [1.54, 1.807) is 24.4 Å². The van der Waals surface area contributed by atoms with E-state index in [2.05, 4.69) is 20.1 Å². The lowest BCUT2D eigenvalue weighted by molar-refractivity contribution is 0.639. The van der Waals surface area contributed by atoms with Crippen molar-refractivity contribution in [2.75, 3.05) is 18.0 Å². The zero-order valence-electron chi connectivity index (χ0n) is 12.0. The van der Waals surface area contributed by atoms with Gasteiger partial charge in [0.2, 0.25) is 0 Å². The molecule has 4 nitrogen and oxygen atoms in total. The average Bonchev–Trinajstić information content (AvgIpc) is 3.10. The Morgan fingerprint density at radius 1 is 0.955 bits per heavy atom. The predicted molar refractivity (Wildman–Crippen MR) is 84.2 cm³/mol. The quantitative estimate of drug-likeness (QED) is 0.726. The van der Waals surface area contributed by atoms with Gasteiger partial charge in [-0.1, -0.05) is 0 Å². The summed E-state index contributed by atoms with van der Waals surface area (Å²) in [5.41, 5.74) is 2.13. The average molecular weight is 294 g/mol. The summed E-state index contributed by atoms with van der Waals surface area (Å²) in [7, 11) is 0. The molecule has 0 saturated carbocycles. The standard InChI is InChI=1S/C17H15FN4/c18-14-6-5-13(17-12(14)4-3-9-19-17)15-7-8-16(21-20-15)22-10-1-2-11-22/h3-9H,1-2,10-11H2. The topological polar surface area (TPSA) is 41.9 Å². The molecule has 0 N–H and O–H groups in total. The first-order chi connectivity index (χ1) is 10.8. The summed E-state index contributed by atoms with van der Waals surface area (Å²) in [4.78, 5) is 6.53. The molecule has 1 fully saturated rings. The molecule has 1 saturated heterocycles. The van der Waals surface area contributed by atoms with Crippen molar-refractivity contribution < 1.29 is 4.39 Å².